The highest BCUT2D eigenvalue weighted by Crippen LogP contribution is 2.38. The van der Waals surface area contributed by atoms with Crippen LogP contribution in [-0.4, -0.2) is 36.7 Å². The second-order valence-corrected chi connectivity index (χ2v) is 3.82. The molecule has 0 spiro atoms. The largest absolute Gasteiger partial charge is 0.360 e. The third-order valence-electron chi connectivity index (χ3n) is 3.10. The minimum absolute atomic E-state index is 0.308. The van der Waals surface area contributed by atoms with Crippen LogP contribution in [0.15, 0.2) is 23.8 Å². The van der Waals surface area contributed by atoms with Crippen LogP contribution in [0.25, 0.3) is 0 Å². The van der Waals surface area contributed by atoms with Crippen molar-refractivity contribution in [2.75, 3.05) is 13.6 Å². The maximum absolute atomic E-state index is 5.77. The number of rotatable bonds is 0. The van der Waals surface area contributed by atoms with E-state index in [1.165, 1.54) is 18.5 Å². The Morgan fingerprint density at radius 3 is 3.25 bits per heavy atom. The first-order valence-electron chi connectivity index (χ1n) is 4.60. The average Bonchev–Trinajstić information content (AvgIpc) is 2.64. The summed E-state index contributed by atoms with van der Waals surface area (Å²) in [5.41, 5.74) is 1.50. The number of ether oxygens (including phenoxy) is 1. The summed E-state index contributed by atoms with van der Waals surface area (Å²) in [7, 11) is 2.19. The SMILES string of the molecule is CN1CCC=C2[C@H]3C=C[C@H](O3)[C@H]21. The number of hydrogen-bond acceptors (Lipinski definition) is 2. The second-order valence-electron chi connectivity index (χ2n) is 3.82. The third-order valence-corrected chi connectivity index (χ3v) is 3.10. The average molecular weight is 163 g/mol. The van der Waals surface area contributed by atoms with Crippen molar-refractivity contribution in [2.45, 2.75) is 24.7 Å². The summed E-state index contributed by atoms with van der Waals surface area (Å²) < 4.78 is 5.77. The standard InChI is InChI=1S/C10H13NO/c1-11-6-2-3-7-8-4-5-9(12-8)10(7)11/h3-5,8-10H,2,6H2,1H3/t8-,9+,10+/m1/s1. The molecule has 0 N–H and O–H groups in total. The van der Waals surface area contributed by atoms with Gasteiger partial charge >= 0.3 is 0 Å². The van der Waals surface area contributed by atoms with Crippen molar-refractivity contribution >= 4 is 0 Å². The molecule has 1 saturated heterocycles. The predicted molar refractivity (Wildman–Crippen MR) is 46.9 cm³/mol. The highest BCUT2D eigenvalue weighted by Gasteiger charge is 2.44. The molecule has 3 rings (SSSR count). The normalized spacial score (nSPS) is 44.8. The van der Waals surface area contributed by atoms with E-state index < -0.39 is 0 Å². The van der Waals surface area contributed by atoms with Crippen molar-refractivity contribution in [2.24, 2.45) is 0 Å². The van der Waals surface area contributed by atoms with Gasteiger partial charge in [-0.1, -0.05) is 18.2 Å². The fourth-order valence-corrected chi connectivity index (χ4v) is 2.51. The molecule has 64 valence electrons. The first-order valence-corrected chi connectivity index (χ1v) is 4.60. The Morgan fingerprint density at radius 2 is 2.42 bits per heavy atom. The van der Waals surface area contributed by atoms with Crippen molar-refractivity contribution in [3.05, 3.63) is 23.8 Å². The lowest BCUT2D eigenvalue weighted by molar-refractivity contribution is 0.0941. The molecule has 3 aliphatic rings. The Labute approximate surface area is 72.5 Å². The summed E-state index contributed by atoms with van der Waals surface area (Å²) in [5.74, 6) is 0. The Bertz CT molecular complexity index is 269. The first kappa shape index (κ1) is 6.87. The maximum Gasteiger partial charge on any atom is 0.0993 e. The van der Waals surface area contributed by atoms with Gasteiger partial charge in [-0.3, -0.25) is 4.90 Å². The van der Waals surface area contributed by atoms with E-state index in [2.05, 4.69) is 30.2 Å². The molecule has 2 bridgehead atoms. The number of likely N-dealkylation sites (N-methyl/N-ethyl adjacent to an activating group) is 1. The number of hydrogen-bond donors (Lipinski definition) is 0. The van der Waals surface area contributed by atoms with E-state index in [1.54, 1.807) is 0 Å². The molecule has 2 nitrogen and oxygen atoms in total. The van der Waals surface area contributed by atoms with E-state index in [-0.39, 0.29) is 0 Å². The molecule has 0 aromatic rings. The van der Waals surface area contributed by atoms with E-state index in [1.807, 2.05) is 0 Å². The Kier molecular flexibility index (Phi) is 1.26. The first-order chi connectivity index (χ1) is 5.86. The van der Waals surface area contributed by atoms with E-state index >= 15 is 0 Å². The molecule has 0 unspecified atom stereocenters. The second kappa shape index (κ2) is 2.21. The van der Waals surface area contributed by atoms with E-state index in [0.717, 1.165) is 0 Å². The van der Waals surface area contributed by atoms with Gasteiger partial charge < -0.3 is 4.74 Å². The third kappa shape index (κ3) is 0.718. The highest BCUT2D eigenvalue weighted by atomic mass is 16.5. The van der Waals surface area contributed by atoms with Gasteiger partial charge in [0.05, 0.1) is 18.2 Å². The highest BCUT2D eigenvalue weighted by molar-refractivity contribution is 5.36. The minimum Gasteiger partial charge on any atom is -0.360 e. The van der Waals surface area contributed by atoms with Gasteiger partial charge in [-0.2, -0.15) is 0 Å². The zero-order valence-corrected chi connectivity index (χ0v) is 7.23. The van der Waals surface area contributed by atoms with Gasteiger partial charge in [0.1, 0.15) is 0 Å². The molecule has 0 aromatic carbocycles. The van der Waals surface area contributed by atoms with Crippen molar-refractivity contribution in [3.8, 4) is 0 Å². The van der Waals surface area contributed by atoms with Crippen molar-refractivity contribution in [3.63, 3.8) is 0 Å². The van der Waals surface area contributed by atoms with Crippen LogP contribution >= 0.6 is 0 Å². The zero-order valence-electron chi connectivity index (χ0n) is 7.23. The maximum atomic E-state index is 5.77. The van der Waals surface area contributed by atoms with E-state index in [0.29, 0.717) is 18.2 Å². The van der Waals surface area contributed by atoms with Gasteiger partial charge in [0.15, 0.2) is 0 Å². The summed E-state index contributed by atoms with van der Waals surface area (Å²) in [5, 5.41) is 0. The topological polar surface area (TPSA) is 12.5 Å². The van der Waals surface area contributed by atoms with E-state index in [9.17, 15) is 0 Å². The Hall–Kier alpha value is -0.600. The predicted octanol–water partition coefficient (Wildman–Crippen LogP) is 0.954. The molecule has 3 heterocycles. The molecule has 0 amide bonds. The smallest absolute Gasteiger partial charge is 0.0993 e. The van der Waals surface area contributed by atoms with Crippen LogP contribution in [0.3, 0.4) is 0 Å². The van der Waals surface area contributed by atoms with Crippen LogP contribution < -0.4 is 0 Å². The minimum atomic E-state index is 0.308. The lowest BCUT2D eigenvalue weighted by atomic mass is 9.91. The lowest BCUT2D eigenvalue weighted by Gasteiger charge is -2.32. The van der Waals surface area contributed by atoms with Gasteiger partial charge in [-0.05, 0) is 19.0 Å². The summed E-state index contributed by atoms with van der Waals surface area (Å²) >= 11 is 0. The fraction of sp³-hybridized carbons (Fsp3) is 0.600. The molecule has 3 aliphatic heterocycles. The molecule has 12 heavy (non-hydrogen) atoms. The van der Waals surface area contributed by atoms with Gasteiger partial charge in [0.25, 0.3) is 0 Å². The summed E-state index contributed by atoms with van der Waals surface area (Å²) in [6.07, 6.45) is 8.58. The number of nitrogens with zero attached hydrogens (tertiary/aromatic N) is 1. The molecule has 3 atom stereocenters. The molecular formula is C10H13NO. The molecule has 0 aliphatic carbocycles. The van der Waals surface area contributed by atoms with Gasteiger partial charge in [-0.25, -0.2) is 0 Å². The van der Waals surface area contributed by atoms with Crippen LogP contribution in [-0.2, 0) is 4.74 Å². The summed E-state index contributed by atoms with van der Waals surface area (Å²) in [6, 6.07) is 0.550. The van der Waals surface area contributed by atoms with E-state index in [4.69, 9.17) is 4.74 Å². The zero-order chi connectivity index (χ0) is 8.13. The van der Waals surface area contributed by atoms with Crippen molar-refractivity contribution in [1.82, 2.24) is 4.90 Å². The van der Waals surface area contributed by atoms with Crippen molar-refractivity contribution < 1.29 is 4.74 Å². The van der Waals surface area contributed by atoms with Crippen LogP contribution in [0.2, 0.25) is 0 Å². The van der Waals surface area contributed by atoms with Crippen LogP contribution in [0.4, 0.5) is 0 Å². The van der Waals surface area contributed by atoms with Crippen molar-refractivity contribution in [1.29, 1.82) is 0 Å². The Morgan fingerprint density at radius 1 is 1.50 bits per heavy atom. The molecule has 2 heteroatoms. The molecule has 0 aromatic heterocycles. The lowest BCUT2D eigenvalue weighted by Crippen LogP contribution is -2.42. The quantitative estimate of drug-likeness (QED) is 0.493. The van der Waals surface area contributed by atoms with Gasteiger partial charge in [0.2, 0.25) is 0 Å². The molecule has 1 fully saturated rings. The van der Waals surface area contributed by atoms with Gasteiger partial charge in [-0.15, -0.1) is 0 Å². The summed E-state index contributed by atoms with van der Waals surface area (Å²) in [4.78, 5) is 2.41. The molecular weight excluding hydrogens is 150 g/mol. The van der Waals surface area contributed by atoms with Crippen LogP contribution in [0, 0.1) is 0 Å². The van der Waals surface area contributed by atoms with Gasteiger partial charge in [0, 0.05) is 6.54 Å². The van der Waals surface area contributed by atoms with Crippen LogP contribution in [0.5, 0.6) is 0 Å². The monoisotopic (exact) mass is 163 g/mol. The van der Waals surface area contributed by atoms with Crippen LogP contribution in [0.1, 0.15) is 6.42 Å². The fourth-order valence-electron chi connectivity index (χ4n) is 2.51. The molecule has 0 saturated carbocycles. The summed E-state index contributed by atoms with van der Waals surface area (Å²) in [6.45, 7) is 1.18. The Balaban J connectivity index is 2.03. The number of fused-ring (bicyclic) bond motifs is 5. The molecule has 0 radical (unpaired) electrons.